The van der Waals surface area contributed by atoms with Crippen LogP contribution in [-0.4, -0.2) is 29.3 Å². The molecule has 2 aliphatic rings. The summed E-state index contributed by atoms with van der Waals surface area (Å²) in [5, 5.41) is 0. The van der Waals surface area contributed by atoms with Gasteiger partial charge in [-0.3, -0.25) is 9.35 Å². The molecular formula is C10H15AgBrO4S. The van der Waals surface area contributed by atoms with Crippen molar-refractivity contribution in [3.63, 3.8) is 0 Å². The molecule has 0 amide bonds. The molecule has 0 aromatic heterocycles. The van der Waals surface area contributed by atoms with Gasteiger partial charge in [0.15, 0.2) is 5.78 Å². The number of halogens is 1. The summed E-state index contributed by atoms with van der Waals surface area (Å²) in [4.78, 5) is 11.9. The van der Waals surface area contributed by atoms with Crippen molar-refractivity contribution in [2.45, 2.75) is 31.5 Å². The zero-order chi connectivity index (χ0) is 12.4. The summed E-state index contributed by atoms with van der Waals surface area (Å²) in [5.74, 6) is -0.335. The maximum absolute atomic E-state index is 12.2. The number of hydrogen-bond acceptors (Lipinski definition) is 3. The summed E-state index contributed by atoms with van der Waals surface area (Å²) in [6.07, 6.45) is 1.40. The van der Waals surface area contributed by atoms with Gasteiger partial charge in [0.2, 0.25) is 0 Å². The van der Waals surface area contributed by atoms with E-state index in [1.54, 1.807) is 0 Å². The van der Waals surface area contributed by atoms with Crippen molar-refractivity contribution in [3.8, 4) is 0 Å². The Balaban J connectivity index is 0.00000144. The first-order valence-corrected chi connectivity index (χ1v) is 7.78. The predicted molar refractivity (Wildman–Crippen MR) is 63.1 cm³/mol. The van der Waals surface area contributed by atoms with Gasteiger partial charge in [0.25, 0.3) is 10.1 Å². The van der Waals surface area contributed by atoms with Crippen molar-refractivity contribution in [1.29, 1.82) is 0 Å². The largest absolute Gasteiger partial charge is 0.298 e. The van der Waals surface area contributed by atoms with E-state index in [1.807, 2.05) is 13.8 Å². The second-order valence-electron chi connectivity index (χ2n) is 5.44. The van der Waals surface area contributed by atoms with Crippen LogP contribution in [0.5, 0.6) is 0 Å². The molecule has 17 heavy (non-hydrogen) atoms. The van der Waals surface area contributed by atoms with E-state index in [2.05, 4.69) is 15.9 Å². The van der Waals surface area contributed by atoms with Crippen LogP contribution in [-0.2, 0) is 37.3 Å². The van der Waals surface area contributed by atoms with Crippen LogP contribution in [0.15, 0.2) is 0 Å². The molecule has 0 spiro atoms. The summed E-state index contributed by atoms with van der Waals surface area (Å²) < 4.78 is 31.2. The average molecular weight is 419 g/mol. The van der Waals surface area contributed by atoms with Crippen molar-refractivity contribution in [3.05, 3.63) is 0 Å². The average Bonchev–Trinajstić information content (AvgIpc) is 2.39. The molecular weight excluding hydrogens is 404 g/mol. The Labute approximate surface area is 125 Å². The summed E-state index contributed by atoms with van der Waals surface area (Å²) in [6, 6.07) is 0. The Bertz CT molecular complexity index is 447. The number of Topliss-reactive ketones (excluding diaryl/α,β-unsaturated/α-hetero) is 1. The molecule has 2 rings (SSSR count). The van der Waals surface area contributed by atoms with Gasteiger partial charge in [-0.1, -0.05) is 29.8 Å². The Kier molecular flexibility index (Phi) is 4.12. The van der Waals surface area contributed by atoms with Gasteiger partial charge in [-0.15, -0.1) is 0 Å². The smallest absolute Gasteiger partial charge is 0.265 e. The van der Waals surface area contributed by atoms with Crippen LogP contribution in [0.25, 0.3) is 0 Å². The summed E-state index contributed by atoms with van der Waals surface area (Å²) in [6.45, 7) is 3.85. The molecule has 0 heterocycles. The van der Waals surface area contributed by atoms with Crippen LogP contribution in [0.2, 0.25) is 0 Å². The Morgan fingerprint density at radius 1 is 1.47 bits per heavy atom. The van der Waals surface area contributed by atoms with Crippen LogP contribution < -0.4 is 0 Å². The molecule has 2 bridgehead atoms. The number of ketones is 1. The molecule has 2 aliphatic carbocycles. The van der Waals surface area contributed by atoms with E-state index in [9.17, 15) is 13.2 Å². The Morgan fingerprint density at radius 2 is 2.00 bits per heavy atom. The van der Waals surface area contributed by atoms with Gasteiger partial charge in [-0.05, 0) is 24.2 Å². The van der Waals surface area contributed by atoms with Gasteiger partial charge < -0.3 is 0 Å². The van der Waals surface area contributed by atoms with Crippen LogP contribution in [0, 0.1) is 16.7 Å². The van der Waals surface area contributed by atoms with E-state index >= 15 is 0 Å². The molecule has 1 radical (unpaired) electrons. The van der Waals surface area contributed by atoms with E-state index in [0.717, 1.165) is 6.42 Å². The van der Waals surface area contributed by atoms with Crippen molar-refractivity contribution >= 4 is 31.8 Å². The first-order valence-electron chi connectivity index (χ1n) is 5.25. The maximum Gasteiger partial charge on any atom is 0.265 e. The minimum absolute atomic E-state index is 0. The molecule has 0 aromatic rings. The van der Waals surface area contributed by atoms with Crippen molar-refractivity contribution in [2.24, 2.45) is 16.7 Å². The Morgan fingerprint density at radius 3 is 2.35 bits per heavy atom. The molecule has 103 valence electrons. The summed E-state index contributed by atoms with van der Waals surface area (Å²) >= 11 is 3.35. The monoisotopic (exact) mass is 417 g/mol. The number of carbonyl (C=O) groups excluding carboxylic acids is 1. The van der Waals surface area contributed by atoms with Crippen molar-refractivity contribution in [2.75, 3.05) is 5.75 Å². The number of alkyl halides is 1. The molecule has 0 aromatic carbocycles. The van der Waals surface area contributed by atoms with E-state index in [0.29, 0.717) is 6.42 Å². The van der Waals surface area contributed by atoms with Gasteiger partial charge in [0, 0.05) is 22.4 Å². The molecule has 1 N–H and O–H groups in total. The fraction of sp³-hybridized carbons (Fsp3) is 0.900. The van der Waals surface area contributed by atoms with Gasteiger partial charge >= 0.3 is 0 Å². The second kappa shape index (κ2) is 4.42. The van der Waals surface area contributed by atoms with Gasteiger partial charge in [-0.25, -0.2) is 0 Å². The molecule has 4 nitrogen and oxygen atoms in total. The minimum Gasteiger partial charge on any atom is -0.298 e. The third-order valence-corrected chi connectivity index (χ3v) is 6.46. The minimum atomic E-state index is -4.12. The fourth-order valence-electron chi connectivity index (χ4n) is 3.48. The quantitative estimate of drug-likeness (QED) is 0.420. The molecule has 3 atom stereocenters. The number of rotatable bonds is 2. The van der Waals surface area contributed by atoms with Crippen molar-refractivity contribution < 1.29 is 40.1 Å². The zero-order valence-electron chi connectivity index (χ0n) is 9.54. The molecule has 0 saturated heterocycles. The predicted octanol–water partition coefficient (Wildman–Crippen LogP) is 1.64. The zero-order valence-corrected chi connectivity index (χ0v) is 13.4. The molecule has 0 aliphatic heterocycles. The standard InChI is InChI=1S/C10H15BrO4S.Ag/c1-9(2)6-3-4-10(9,5-16(13,14)15)8(12)7(6)11;/h6-7H,3-5H2,1-2H3,(H,13,14,15);. The van der Waals surface area contributed by atoms with E-state index in [-0.39, 0.29) is 44.3 Å². The SMILES string of the molecule is CC1(C)C2CCC1(CS(=O)(=O)O)C(=O)C2Br.[Ag]. The van der Waals surface area contributed by atoms with Crippen molar-refractivity contribution in [1.82, 2.24) is 0 Å². The molecule has 2 saturated carbocycles. The first-order chi connectivity index (χ1) is 7.12. The number of fused-ring (bicyclic) bond motifs is 2. The third kappa shape index (κ3) is 2.11. The first kappa shape index (κ1) is 15.9. The second-order valence-corrected chi connectivity index (χ2v) is 7.88. The van der Waals surface area contributed by atoms with E-state index in [4.69, 9.17) is 4.55 Å². The topological polar surface area (TPSA) is 71.4 Å². The van der Waals surface area contributed by atoms with Crippen LogP contribution in [0.3, 0.4) is 0 Å². The number of hydrogen-bond donors (Lipinski definition) is 1. The van der Waals surface area contributed by atoms with Crippen LogP contribution in [0.4, 0.5) is 0 Å². The summed E-state index contributed by atoms with van der Waals surface area (Å²) in [5.41, 5.74) is -1.27. The van der Waals surface area contributed by atoms with E-state index < -0.39 is 21.3 Å². The maximum atomic E-state index is 12.2. The molecule has 3 unspecified atom stereocenters. The van der Waals surface area contributed by atoms with Crippen LogP contribution >= 0.6 is 15.9 Å². The molecule has 2 fully saturated rings. The normalized spacial score (nSPS) is 39.2. The van der Waals surface area contributed by atoms with Gasteiger partial charge in [0.05, 0.1) is 16.0 Å². The third-order valence-electron chi connectivity index (χ3n) is 4.55. The number of carbonyl (C=O) groups is 1. The van der Waals surface area contributed by atoms with Gasteiger partial charge in [-0.2, -0.15) is 8.42 Å². The van der Waals surface area contributed by atoms with Crippen LogP contribution in [0.1, 0.15) is 26.7 Å². The van der Waals surface area contributed by atoms with E-state index in [1.165, 1.54) is 0 Å². The van der Waals surface area contributed by atoms with Gasteiger partial charge in [0.1, 0.15) is 0 Å². The fourth-order valence-corrected chi connectivity index (χ4v) is 6.12. The summed E-state index contributed by atoms with van der Waals surface area (Å²) in [7, 11) is -4.12. The Hall–Kier alpha value is 0.800. The molecule has 7 heteroatoms.